The van der Waals surface area contributed by atoms with Gasteiger partial charge in [0.15, 0.2) is 5.76 Å². The molecule has 26 heavy (non-hydrogen) atoms. The molecule has 142 valence electrons. The van der Waals surface area contributed by atoms with Gasteiger partial charge in [-0.3, -0.25) is 15.0 Å². The number of furan rings is 1. The van der Waals surface area contributed by atoms with Crippen LogP contribution >= 0.6 is 0 Å². The van der Waals surface area contributed by atoms with Crippen molar-refractivity contribution in [3.8, 4) is 11.7 Å². The van der Waals surface area contributed by atoms with E-state index in [4.69, 9.17) is 8.83 Å². The molecule has 9 nitrogen and oxygen atoms in total. The van der Waals surface area contributed by atoms with E-state index in [-0.39, 0.29) is 12.4 Å². The van der Waals surface area contributed by atoms with Crippen molar-refractivity contribution in [3.05, 3.63) is 24.3 Å². The zero-order valence-corrected chi connectivity index (χ0v) is 15.5. The molecule has 9 heteroatoms. The molecule has 0 aromatic carbocycles. The molecule has 2 rings (SSSR count). The molecule has 2 heterocycles. The molecule has 0 unspecified atom stereocenters. The summed E-state index contributed by atoms with van der Waals surface area (Å²) in [5.41, 5.74) is -0.417. The second-order valence-corrected chi connectivity index (χ2v) is 6.94. The molecule has 0 aliphatic rings. The lowest BCUT2D eigenvalue weighted by atomic mass is 10.1. The molecule has 0 fully saturated rings. The average Bonchev–Trinajstić information content (AvgIpc) is 3.15. The Morgan fingerprint density at radius 3 is 2.65 bits per heavy atom. The molecule has 2 N–H and O–H groups in total. The van der Waals surface area contributed by atoms with Crippen molar-refractivity contribution in [1.29, 1.82) is 0 Å². The van der Waals surface area contributed by atoms with Gasteiger partial charge in [0.1, 0.15) is 0 Å². The summed E-state index contributed by atoms with van der Waals surface area (Å²) in [6.07, 6.45) is 2.36. The third-order valence-electron chi connectivity index (χ3n) is 3.21. The fraction of sp³-hybridized carbons (Fsp3) is 0.529. The van der Waals surface area contributed by atoms with E-state index in [1.807, 2.05) is 32.6 Å². The highest BCUT2D eigenvalue weighted by Gasteiger charge is 2.19. The summed E-state index contributed by atoms with van der Waals surface area (Å²) >= 11 is 0. The van der Waals surface area contributed by atoms with Gasteiger partial charge in [-0.25, -0.2) is 4.79 Å². The van der Waals surface area contributed by atoms with E-state index in [1.54, 1.807) is 12.1 Å². The maximum atomic E-state index is 12.1. The number of hydrogen-bond donors (Lipinski definition) is 2. The van der Waals surface area contributed by atoms with Gasteiger partial charge in [-0.15, -0.1) is 10.2 Å². The Labute approximate surface area is 152 Å². The van der Waals surface area contributed by atoms with E-state index in [1.165, 1.54) is 6.26 Å². The molecule has 2 aromatic rings. The van der Waals surface area contributed by atoms with Crippen LogP contribution in [0.1, 0.15) is 40.0 Å². The number of hydrogen-bond acceptors (Lipinski definition) is 7. The second-order valence-electron chi connectivity index (χ2n) is 6.94. The Bertz CT molecular complexity index is 718. The topological polar surface area (TPSA) is 114 Å². The molecule has 3 amide bonds. The summed E-state index contributed by atoms with van der Waals surface area (Å²) in [7, 11) is 0. The Morgan fingerprint density at radius 1 is 1.27 bits per heavy atom. The summed E-state index contributed by atoms with van der Waals surface area (Å²) in [5, 5.41) is 12.9. The number of imide groups is 1. The third kappa shape index (κ3) is 6.32. The monoisotopic (exact) mass is 363 g/mol. The van der Waals surface area contributed by atoms with Gasteiger partial charge in [-0.05, 0) is 45.9 Å². The van der Waals surface area contributed by atoms with Crippen molar-refractivity contribution in [2.75, 3.05) is 13.1 Å². The van der Waals surface area contributed by atoms with Crippen LogP contribution in [0.25, 0.3) is 11.7 Å². The van der Waals surface area contributed by atoms with Gasteiger partial charge >= 0.3 is 6.03 Å². The molecular formula is C17H25N5O4. The van der Waals surface area contributed by atoms with Crippen LogP contribution in [0.4, 0.5) is 4.79 Å². The van der Waals surface area contributed by atoms with Gasteiger partial charge in [-0.1, -0.05) is 6.92 Å². The zero-order valence-electron chi connectivity index (χ0n) is 15.5. The SMILES string of the molecule is CCCN(CC(=O)NC(=O)NC(C)(C)C)Cc1nnc(-c2ccco2)o1. The van der Waals surface area contributed by atoms with Gasteiger partial charge < -0.3 is 14.2 Å². The first-order valence-electron chi connectivity index (χ1n) is 8.47. The lowest BCUT2D eigenvalue weighted by Gasteiger charge is -2.22. The highest BCUT2D eigenvalue weighted by atomic mass is 16.4. The van der Waals surface area contributed by atoms with E-state index in [9.17, 15) is 9.59 Å². The van der Waals surface area contributed by atoms with E-state index in [2.05, 4.69) is 20.8 Å². The molecule has 0 bridgehead atoms. The smallest absolute Gasteiger partial charge is 0.321 e. The largest absolute Gasteiger partial charge is 0.459 e. The summed E-state index contributed by atoms with van der Waals surface area (Å²) in [5.74, 6) is 0.751. The minimum Gasteiger partial charge on any atom is -0.459 e. The minimum absolute atomic E-state index is 0.0455. The summed E-state index contributed by atoms with van der Waals surface area (Å²) in [6.45, 7) is 8.51. The third-order valence-corrected chi connectivity index (χ3v) is 3.21. The van der Waals surface area contributed by atoms with Gasteiger partial charge in [-0.2, -0.15) is 0 Å². The molecule has 0 radical (unpaired) electrons. The van der Waals surface area contributed by atoms with Crippen LogP contribution in [-0.2, 0) is 11.3 Å². The minimum atomic E-state index is -0.517. The van der Waals surface area contributed by atoms with Crippen molar-refractivity contribution < 1.29 is 18.4 Å². The van der Waals surface area contributed by atoms with Gasteiger partial charge in [0.05, 0.1) is 19.4 Å². The summed E-state index contributed by atoms with van der Waals surface area (Å²) in [6, 6.07) is 2.94. The Balaban J connectivity index is 1.92. The number of carbonyl (C=O) groups excluding carboxylic acids is 2. The first kappa shape index (κ1) is 19.6. The zero-order chi connectivity index (χ0) is 19.2. The lowest BCUT2D eigenvalue weighted by Crippen LogP contribution is -2.50. The van der Waals surface area contributed by atoms with E-state index < -0.39 is 17.5 Å². The molecule has 0 aliphatic carbocycles. The number of nitrogens with zero attached hydrogens (tertiary/aromatic N) is 3. The number of amides is 3. The van der Waals surface area contributed by atoms with E-state index >= 15 is 0 Å². The predicted molar refractivity (Wildman–Crippen MR) is 94.0 cm³/mol. The van der Waals surface area contributed by atoms with Crippen LogP contribution < -0.4 is 10.6 Å². The summed E-state index contributed by atoms with van der Waals surface area (Å²) in [4.78, 5) is 25.7. The van der Waals surface area contributed by atoms with Crippen LogP contribution in [0.2, 0.25) is 0 Å². The standard InChI is InChI=1S/C17H25N5O4/c1-5-8-22(10-13(23)18-16(24)19-17(2,3)4)11-14-20-21-15(26-14)12-7-6-9-25-12/h6-7,9H,5,8,10-11H2,1-4H3,(H2,18,19,23,24). The molecule has 0 aliphatic heterocycles. The molecule has 0 saturated heterocycles. The first-order chi connectivity index (χ1) is 12.3. The Kier molecular flexibility index (Phi) is 6.51. The number of rotatable bonds is 7. The Hall–Kier alpha value is -2.68. The van der Waals surface area contributed by atoms with E-state index in [0.717, 1.165) is 6.42 Å². The number of carbonyl (C=O) groups is 2. The van der Waals surface area contributed by atoms with Gasteiger partial charge in [0.25, 0.3) is 5.89 Å². The van der Waals surface area contributed by atoms with Crippen LogP contribution in [-0.4, -0.2) is 45.7 Å². The van der Waals surface area contributed by atoms with Crippen molar-refractivity contribution in [1.82, 2.24) is 25.7 Å². The highest BCUT2D eigenvalue weighted by molar-refractivity contribution is 5.95. The fourth-order valence-corrected chi connectivity index (χ4v) is 2.28. The molecule has 2 aromatic heterocycles. The van der Waals surface area contributed by atoms with Crippen molar-refractivity contribution in [3.63, 3.8) is 0 Å². The van der Waals surface area contributed by atoms with Crippen LogP contribution in [0.15, 0.2) is 27.2 Å². The van der Waals surface area contributed by atoms with Crippen LogP contribution in [0.3, 0.4) is 0 Å². The van der Waals surface area contributed by atoms with Gasteiger partial charge in [0.2, 0.25) is 11.8 Å². The van der Waals surface area contributed by atoms with Gasteiger partial charge in [0, 0.05) is 5.54 Å². The average molecular weight is 363 g/mol. The van der Waals surface area contributed by atoms with E-state index in [0.29, 0.717) is 24.7 Å². The lowest BCUT2D eigenvalue weighted by molar-refractivity contribution is -0.121. The number of nitrogens with one attached hydrogen (secondary N) is 2. The second kappa shape index (κ2) is 8.61. The molecule has 0 spiro atoms. The highest BCUT2D eigenvalue weighted by Crippen LogP contribution is 2.18. The maximum Gasteiger partial charge on any atom is 0.321 e. The van der Waals surface area contributed by atoms with Crippen molar-refractivity contribution in [2.24, 2.45) is 0 Å². The Morgan fingerprint density at radius 2 is 2.04 bits per heavy atom. The first-order valence-corrected chi connectivity index (χ1v) is 8.47. The maximum absolute atomic E-state index is 12.1. The van der Waals surface area contributed by atoms with Crippen molar-refractivity contribution >= 4 is 11.9 Å². The number of urea groups is 1. The molecule has 0 atom stereocenters. The number of aromatic nitrogens is 2. The van der Waals surface area contributed by atoms with Crippen LogP contribution in [0.5, 0.6) is 0 Å². The normalized spacial score (nSPS) is 11.6. The van der Waals surface area contributed by atoms with Crippen molar-refractivity contribution in [2.45, 2.75) is 46.2 Å². The molecular weight excluding hydrogens is 338 g/mol. The quantitative estimate of drug-likeness (QED) is 0.775. The molecule has 0 saturated carbocycles. The summed E-state index contributed by atoms with van der Waals surface area (Å²) < 4.78 is 10.8. The fourth-order valence-electron chi connectivity index (χ4n) is 2.28. The predicted octanol–water partition coefficient (Wildman–Crippen LogP) is 2.17. The van der Waals surface area contributed by atoms with Crippen LogP contribution in [0, 0.1) is 0 Å².